The normalized spacial score (nSPS) is 16.2. The molecule has 0 bridgehead atoms. The maximum Gasteiger partial charge on any atom is 0.236 e. The van der Waals surface area contributed by atoms with Gasteiger partial charge in [0.1, 0.15) is 0 Å². The van der Waals surface area contributed by atoms with Crippen LogP contribution in [-0.4, -0.2) is 28.1 Å². The lowest BCUT2D eigenvalue weighted by Crippen LogP contribution is -2.19. The second kappa shape index (κ2) is 7.21. The molecule has 3 rings (SSSR count). The number of benzene rings is 2. The van der Waals surface area contributed by atoms with E-state index in [0.29, 0.717) is 10.9 Å². The van der Waals surface area contributed by atoms with Crippen molar-refractivity contribution >= 4 is 29.1 Å². The Hall–Kier alpha value is -2.44. The lowest BCUT2D eigenvalue weighted by molar-refractivity contribution is -0.116. The highest BCUT2D eigenvalue weighted by Crippen LogP contribution is 2.23. The highest BCUT2D eigenvalue weighted by Gasteiger charge is 2.15. The van der Waals surface area contributed by atoms with Gasteiger partial charge in [-0.15, -0.1) is 5.10 Å². The number of hydrogen-bond donors (Lipinski definition) is 2. The summed E-state index contributed by atoms with van der Waals surface area (Å²) < 4.78 is 0. The van der Waals surface area contributed by atoms with Crippen LogP contribution in [0.15, 0.2) is 58.7 Å². The summed E-state index contributed by atoms with van der Waals surface area (Å²) in [5, 5.41) is 20.5. The van der Waals surface area contributed by atoms with Crippen LogP contribution in [0.25, 0.3) is 11.1 Å². The zero-order chi connectivity index (χ0) is 16.1. The lowest BCUT2D eigenvalue weighted by Gasteiger charge is -2.07. The molecular weight excluding hydrogens is 310 g/mol. The van der Waals surface area contributed by atoms with Gasteiger partial charge < -0.3 is 10.4 Å². The molecule has 116 valence electrons. The summed E-state index contributed by atoms with van der Waals surface area (Å²) in [6.45, 7) is 0.0141. The third-order valence-corrected chi connectivity index (χ3v) is 4.21. The molecule has 2 N–H and O–H groups in total. The van der Waals surface area contributed by atoms with E-state index in [-0.39, 0.29) is 12.5 Å². The molecule has 6 heteroatoms. The summed E-state index contributed by atoms with van der Waals surface area (Å²) in [6.07, 6.45) is 1.64. The van der Waals surface area contributed by atoms with Crippen molar-refractivity contribution in [2.75, 3.05) is 5.75 Å². The number of aliphatic hydroxyl groups is 1. The fourth-order valence-electron chi connectivity index (χ4n) is 2.22. The van der Waals surface area contributed by atoms with Gasteiger partial charge in [-0.2, -0.15) is 5.10 Å². The molecule has 1 saturated heterocycles. The first-order valence-electron chi connectivity index (χ1n) is 7.09. The predicted molar refractivity (Wildman–Crippen MR) is 93.4 cm³/mol. The van der Waals surface area contributed by atoms with Crippen LogP contribution in [0.3, 0.4) is 0 Å². The fourth-order valence-corrected chi connectivity index (χ4v) is 2.85. The van der Waals surface area contributed by atoms with Gasteiger partial charge in [0, 0.05) is 0 Å². The number of rotatable bonds is 4. The summed E-state index contributed by atoms with van der Waals surface area (Å²) in [4.78, 5) is 11.0. The maximum atomic E-state index is 11.0. The number of amidine groups is 1. The Morgan fingerprint density at radius 2 is 1.96 bits per heavy atom. The van der Waals surface area contributed by atoms with Crippen LogP contribution in [0.5, 0.6) is 0 Å². The van der Waals surface area contributed by atoms with Crippen molar-refractivity contribution in [2.45, 2.75) is 6.61 Å². The van der Waals surface area contributed by atoms with Gasteiger partial charge in [0.05, 0.1) is 18.6 Å². The third kappa shape index (κ3) is 3.85. The Balaban J connectivity index is 1.73. The third-order valence-electron chi connectivity index (χ3n) is 3.35. The Morgan fingerprint density at radius 1 is 1.17 bits per heavy atom. The number of carbonyl (C=O) groups is 1. The molecule has 2 aromatic carbocycles. The molecule has 1 heterocycles. The average Bonchev–Trinajstić information content (AvgIpc) is 3.01. The molecule has 23 heavy (non-hydrogen) atoms. The van der Waals surface area contributed by atoms with Gasteiger partial charge in [-0.05, 0) is 22.3 Å². The van der Waals surface area contributed by atoms with Gasteiger partial charge in [-0.25, -0.2) is 0 Å². The Labute approximate surface area is 138 Å². The Morgan fingerprint density at radius 3 is 2.65 bits per heavy atom. The smallest absolute Gasteiger partial charge is 0.236 e. The largest absolute Gasteiger partial charge is 0.392 e. The highest BCUT2D eigenvalue weighted by molar-refractivity contribution is 8.15. The van der Waals surface area contributed by atoms with Crippen molar-refractivity contribution < 1.29 is 9.90 Å². The van der Waals surface area contributed by atoms with Crippen LogP contribution in [0, 0.1) is 0 Å². The molecule has 1 aliphatic heterocycles. The summed E-state index contributed by atoms with van der Waals surface area (Å²) in [6, 6.07) is 15.6. The monoisotopic (exact) mass is 325 g/mol. The molecule has 0 spiro atoms. The molecule has 0 radical (unpaired) electrons. The first-order chi connectivity index (χ1) is 11.3. The van der Waals surface area contributed by atoms with Gasteiger partial charge >= 0.3 is 0 Å². The topological polar surface area (TPSA) is 74.0 Å². The van der Waals surface area contributed by atoms with Crippen molar-refractivity contribution in [3.05, 3.63) is 59.7 Å². The molecule has 0 unspecified atom stereocenters. The average molecular weight is 325 g/mol. The summed E-state index contributed by atoms with van der Waals surface area (Å²) >= 11 is 1.34. The number of amides is 1. The van der Waals surface area contributed by atoms with E-state index in [1.165, 1.54) is 11.8 Å². The lowest BCUT2D eigenvalue weighted by atomic mass is 9.99. The fraction of sp³-hybridized carbons (Fsp3) is 0.118. The highest BCUT2D eigenvalue weighted by atomic mass is 32.2. The van der Waals surface area contributed by atoms with E-state index in [2.05, 4.69) is 15.5 Å². The number of carbonyl (C=O) groups excluding carboxylic acids is 1. The van der Waals surface area contributed by atoms with Gasteiger partial charge in [0.15, 0.2) is 5.17 Å². The van der Waals surface area contributed by atoms with Crippen LogP contribution in [0.1, 0.15) is 11.1 Å². The van der Waals surface area contributed by atoms with E-state index in [0.717, 1.165) is 22.3 Å². The van der Waals surface area contributed by atoms with E-state index in [4.69, 9.17) is 0 Å². The zero-order valence-electron chi connectivity index (χ0n) is 12.3. The number of hydrogen-bond acceptors (Lipinski definition) is 5. The van der Waals surface area contributed by atoms with Crippen molar-refractivity contribution in [3.63, 3.8) is 0 Å². The molecule has 2 aromatic rings. The van der Waals surface area contributed by atoms with Gasteiger partial charge in [-0.3, -0.25) is 4.79 Å². The zero-order valence-corrected chi connectivity index (χ0v) is 13.1. The number of nitrogens with one attached hydrogen (secondary N) is 1. The minimum Gasteiger partial charge on any atom is -0.392 e. The van der Waals surface area contributed by atoms with Crippen molar-refractivity contribution in [2.24, 2.45) is 10.2 Å². The van der Waals surface area contributed by atoms with Gasteiger partial charge in [0.2, 0.25) is 5.91 Å². The van der Waals surface area contributed by atoms with Gasteiger partial charge in [0.25, 0.3) is 0 Å². The van der Waals surface area contributed by atoms with Crippen molar-refractivity contribution in [3.8, 4) is 11.1 Å². The predicted octanol–water partition coefficient (Wildman–Crippen LogP) is 2.40. The van der Waals surface area contributed by atoms with Crippen molar-refractivity contribution in [1.29, 1.82) is 0 Å². The first-order valence-corrected chi connectivity index (χ1v) is 8.08. The molecule has 5 nitrogen and oxygen atoms in total. The number of aliphatic hydroxyl groups excluding tert-OH is 1. The second-order valence-corrected chi connectivity index (χ2v) is 5.89. The van der Waals surface area contributed by atoms with Crippen LogP contribution in [-0.2, 0) is 11.4 Å². The van der Waals surface area contributed by atoms with E-state index in [9.17, 15) is 9.90 Å². The second-order valence-electron chi connectivity index (χ2n) is 4.92. The molecule has 1 fully saturated rings. The molecule has 0 saturated carbocycles. The summed E-state index contributed by atoms with van der Waals surface area (Å²) in [7, 11) is 0. The molecule has 1 aliphatic rings. The van der Waals surface area contributed by atoms with Crippen LogP contribution < -0.4 is 5.32 Å². The summed E-state index contributed by atoms with van der Waals surface area (Å²) in [5.74, 6) is 0.351. The van der Waals surface area contributed by atoms with E-state index in [1.807, 2.05) is 48.5 Å². The van der Waals surface area contributed by atoms with Gasteiger partial charge in [-0.1, -0.05) is 60.3 Å². The Kier molecular flexibility index (Phi) is 4.85. The SMILES string of the molecule is O=C1CSC(=NN=Cc2ccc(-c3ccccc3CO)cc2)N1. The van der Waals surface area contributed by atoms with Crippen LogP contribution >= 0.6 is 11.8 Å². The molecule has 1 amide bonds. The van der Waals surface area contributed by atoms with E-state index in [1.54, 1.807) is 6.21 Å². The Bertz CT molecular complexity index is 770. The minimum absolute atomic E-state index is 0.0141. The molecule has 0 aromatic heterocycles. The van der Waals surface area contributed by atoms with Crippen molar-refractivity contribution in [1.82, 2.24) is 5.32 Å². The minimum atomic E-state index is -0.0455. The maximum absolute atomic E-state index is 11.0. The molecule has 0 atom stereocenters. The summed E-state index contributed by atoms with van der Waals surface area (Å²) in [5.41, 5.74) is 3.86. The van der Waals surface area contributed by atoms with Crippen LogP contribution in [0.4, 0.5) is 0 Å². The van der Waals surface area contributed by atoms with E-state index >= 15 is 0 Å². The number of nitrogens with zero attached hydrogens (tertiary/aromatic N) is 2. The molecule has 0 aliphatic carbocycles. The quantitative estimate of drug-likeness (QED) is 0.669. The van der Waals surface area contributed by atoms with E-state index < -0.39 is 0 Å². The first kappa shape index (κ1) is 15.5. The van der Waals surface area contributed by atoms with Crippen LogP contribution in [0.2, 0.25) is 0 Å². The number of thioether (sulfide) groups is 1. The standard InChI is InChI=1S/C17H15N3O2S/c21-10-14-3-1-2-4-15(14)13-7-5-12(6-8-13)9-18-20-17-19-16(22)11-23-17/h1-9,21H,10-11H2,(H,19,20,22). The molecular formula is C17H15N3O2S.